The first-order chi connectivity index (χ1) is 8.38. The van der Waals surface area contributed by atoms with Gasteiger partial charge in [0.25, 0.3) is 0 Å². The molecule has 2 heteroatoms. The van der Waals surface area contributed by atoms with Gasteiger partial charge in [-0.1, -0.05) is 19.8 Å². The maximum absolute atomic E-state index is 3.84. The van der Waals surface area contributed by atoms with Crippen molar-refractivity contribution in [3.8, 4) is 0 Å². The molecule has 2 fully saturated rings. The van der Waals surface area contributed by atoms with Crippen LogP contribution in [-0.2, 0) is 0 Å². The summed E-state index contributed by atoms with van der Waals surface area (Å²) in [6.45, 7) is 3.62. The molecule has 1 N–H and O–H groups in total. The first-order valence-corrected chi connectivity index (χ1v) is 8.85. The summed E-state index contributed by atoms with van der Waals surface area (Å²) in [5, 5.41) is 3.84. The zero-order valence-electron chi connectivity index (χ0n) is 11.4. The van der Waals surface area contributed by atoms with E-state index in [2.05, 4.69) is 24.0 Å². The van der Waals surface area contributed by atoms with Crippen LogP contribution < -0.4 is 5.32 Å². The van der Waals surface area contributed by atoms with Crippen LogP contribution in [0.2, 0.25) is 0 Å². The van der Waals surface area contributed by atoms with E-state index in [1.165, 1.54) is 69.4 Å². The van der Waals surface area contributed by atoms with Crippen molar-refractivity contribution in [2.45, 2.75) is 64.3 Å². The van der Waals surface area contributed by atoms with E-state index in [4.69, 9.17) is 0 Å². The summed E-state index contributed by atoms with van der Waals surface area (Å²) >= 11 is 2.14. The highest BCUT2D eigenvalue weighted by Gasteiger charge is 2.21. The standard InChI is InChI=1S/C15H29NS/c1-2-3-13-4-6-15(7-5-13)16-12-14-8-10-17-11-9-14/h13-16H,2-12H2,1H3. The molecule has 2 aliphatic rings. The lowest BCUT2D eigenvalue weighted by molar-refractivity contribution is 0.267. The third kappa shape index (κ3) is 4.82. The van der Waals surface area contributed by atoms with Crippen molar-refractivity contribution in [1.82, 2.24) is 5.32 Å². The molecule has 0 spiro atoms. The molecule has 0 amide bonds. The number of hydrogen-bond acceptors (Lipinski definition) is 2. The highest BCUT2D eigenvalue weighted by Crippen LogP contribution is 2.28. The molecule has 0 atom stereocenters. The Morgan fingerprint density at radius 3 is 2.29 bits per heavy atom. The molecule has 1 aliphatic carbocycles. The highest BCUT2D eigenvalue weighted by atomic mass is 32.2. The van der Waals surface area contributed by atoms with E-state index in [1.54, 1.807) is 0 Å². The second kappa shape index (κ2) is 7.68. The van der Waals surface area contributed by atoms with Gasteiger partial charge in [0.05, 0.1) is 0 Å². The zero-order chi connectivity index (χ0) is 11.9. The van der Waals surface area contributed by atoms with Crippen molar-refractivity contribution in [3.05, 3.63) is 0 Å². The third-order valence-electron chi connectivity index (χ3n) is 4.58. The van der Waals surface area contributed by atoms with Crippen LogP contribution in [-0.4, -0.2) is 24.1 Å². The van der Waals surface area contributed by atoms with E-state index in [-0.39, 0.29) is 0 Å². The molecule has 17 heavy (non-hydrogen) atoms. The van der Waals surface area contributed by atoms with Crippen LogP contribution >= 0.6 is 11.8 Å². The molecule has 1 nitrogen and oxygen atoms in total. The van der Waals surface area contributed by atoms with Crippen molar-refractivity contribution < 1.29 is 0 Å². The van der Waals surface area contributed by atoms with Gasteiger partial charge in [-0.05, 0) is 68.4 Å². The Labute approximate surface area is 112 Å². The van der Waals surface area contributed by atoms with Crippen molar-refractivity contribution in [1.29, 1.82) is 0 Å². The maximum Gasteiger partial charge on any atom is 0.00673 e. The van der Waals surface area contributed by atoms with Crippen LogP contribution in [0.25, 0.3) is 0 Å². The Bertz CT molecular complexity index is 193. The fourth-order valence-electron chi connectivity index (χ4n) is 3.35. The van der Waals surface area contributed by atoms with Crippen LogP contribution in [0.5, 0.6) is 0 Å². The Morgan fingerprint density at radius 1 is 0.941 bits per heavy atom. The van der Waals surface area contributed by atoms with Gasteiger partial charge in [0.2, 0.25) is 0 Å². The Hall–Kier alpha value is 0.310. The van der Waals surface area contributed by atoms with Gasteiger partial charge in [0, 0.05) is 6.04 Å². The van der Waals surface area contributed by atoms with Crippen molar-refractivity contribution in [2.75, 3.05) is 18.1 Å². The normalized spacial score (nSPS) is 31.6. The molecule has 1 aliphatic heterocycles. The summed E-state index contributed by atoms with van der Waals surface area (Å²) in [6.07, 6.45) is 11.6. The zero-order valence-corrected chi connectivity index (χ0v) is 12.2. The van der Waals surface area contributed by atoms with Crippen LogP contribution in [0.1, 0.15) is 58.3 Å². The number of nitrogens with one attached hydrogen (secondary N) is 1. The fraction of sp³-hybridized carbons (Fsp3) is 1.00. The highest BCUT2D eigenvalue weighted by molar-refractivity contribution is 7.99. The molecule has 1 saturated heterocycles. The molecular weight excluding hydrogens is 226 g/mol. The minimum Gasteiger partial charge on any atom is -0.314 e. The molecule has 1 saturated carbocycles. The summed E-state index contributed by atoms with van der Waals surface area (Å²) in [5.41, 5.74) is 0. The second-order valence-electron chi connectivity index (χ2n) is 5.97. The minimum atomic E-state index is 0.845. The number of rotatable bonds is 5. The topological polar surface area (TPSA) is 12.0 Å². The van der Waals surface area contributed by atoms with Gasteiger partial charge in [0.1, 0.15) is 0 Å². The molecule has 0 aromatic heterocycles. The van der Waals surface area contributed by atoms with Gasteiger partial charge in [-0.2, -0.15) is 11.8 Å². The maximum atomic E-state index is 3.84. The molecular formula is C15H29NS. The predicted octanol–water partition coefficient (Wildman–Crippen LogP) is 4.08. The summed E-state index contributed by atoms with van der Waals surface area (Å²) in [6, 6.07) is 0.845. The summed E-state index contributed by atoms with van der Waals surface area (Å²) in [4.78, 5) is 0. The molecule has 0 bridgehead atoms. The first kappa shape index (κ1) is 13.7. The lowest BCUT2D eigenvalue weighted by atomic mass is 9.83. The summed E-state index contributed by atoms with van der Waals surface area (Å²) in [7, 11) is 0. The van der Waals surface area contributed by atoms with Gasteiger partial charge in [-0.3, -0.25) is 0 Å². The monoisotopic (exact) mass is 255 g/mol. The average Bonchev–Trinajstić information content (AvgIpc) is 2.40. The van der Waals surface area contributed by atoms with Gasteiger partial charge in [0.15, 0.2) is 0 Å². The van der Waals surface area contributed by atoms with E-state index in [1.807, 2.05) is 0 Å². The Balaban J connectivity index is 1.57. The van der Waals surface area contributed by atoms with Gasteiger partial charge < -0.3 is 5.32 Å². The SMILES string of the molecule is CCCC1CCC(NCC2CCSCC2)CC1. The second-order valence-corrected chi connectivity index (χ2v) is 7.20. The lowest BCUT2D eigenvalue weighted by Crippen LogP contribution is -2.37. The molecule has 100 valence electrons. The van der Waals surface area contributed by atoms with E-state index in [0.29, 0.717) is 0 Å². The van der Waals surface area contributed by atoms with Gasteiger partial charge in [-0.25, -0.2) is 0 Å². The van der Waals surface area contributed by atoms with E-state index >= 15 is 0 Å². The molecule has 2 rings (SSSR count). The third-order valence-corrected chi connectivity index (χ3v) is 5.63. The predicted molar refractivity (Wildman–Crippen MR) is 78.7 cm³/mol. The average molecular weight is 255 g/mol. The Kier molecular flexibility index (Phi) is 6.21. The quantitative estimate of drug-likeness (QED) is 0.794. The van der Waals surface area contributed by atoms with E-state index < -0.39 is 0 Å². The minimum absolute atomic E-state index is 0.845. The van der Waals surface area contributed by atoms with Gasteiger partial charge in [-0.15, -0.1) is 0 Å². The molecule has 1 heterocycles. The van der Waals surface area contributed by atoms with Crippen LogP contribution in [0.3, 0.4) is 0 Å². The number of thioether (sulfide) groups is 1. The number of hydrogen-bond donors (Lipinski definition) is 1. The van der Waals surface area contributed by atoms with Crippen molar-refractivity contribution >= 4 is 11.8 Å². The van der Waals surface area contributed by atoms with E-state index in [9.17, 15) is 0 Å². The van der Waals surface area contributed by atoms with E-state index in [0.717, 1.165) is 17.9 Å². The molecule has 0 radical (unpaired) electrons. The lowest BCUT2D eigenvalue weighted by Gasteiger charge is -2.31. The fourth-order valence-corrected chi connectivity index (χ4v) is 4.55. The van der Waals surface area contributed by atoms with Crippen molar-refractivity contribution in [2.24, 2.45) is 11.8 Å². The smallest absolute Gasteiger partial charge is 0.00673 e. The summed E-state index contributed by atoms with van der Waals surface area (Å²) in [5.74, 6) is 4.82. The van der Waals surface area contributed by atoms with Crippen LogP contribution in [0.4, 0.5) is 0 Å². The molecule has 0 aromatic rings. The van der Waals surface area contributed by atoms with Crippen LogP contribution in [0, 0.1) is 11.8 Å². The van der Waals surface area contributed by atoms with Crippen LogP contribution in [0.15, 0.2) is 0 Å². The largest absolute Gasteiger partial charge is 0.314 e. The van der Waals surface area contributed by atoms with Gasteiger partial charge >= 0.3 is 0 Å². The summed E-state index contributed by atoms with van der Waals surface area (Å²) < 4.78 is 0. The molecule has 0 unspecified atom stereocenters. The van der Waals surface area contributed by atoms with Crippen molar-refractivity contribution in [3.63, 3.8) is 0 Å². The first-order valence-electron chi connectivity index (χ1n) is 7.69. The Morgan fingerprint density at radius 2 is 1.65 bits per heavy atom. The molecule has 0 aromatic carbocycles.